The van der Waals surface area contributed by atoms with E-state index in [-0.39, 0.29) is 12.5 Å². The second-order valence-electron chi connectivity index (χ2n) is 8.53. The van der Waals surface area contributed by atoms with E-state index in [4.69, 9.17) is 4.74 Å². The van der Waals surface area contributed by atoms with Crippen molar-refractivity contribution in [2.75, 3.05) is 39.3 Å². The molecule has 3 heterocycles. The van der Waals surface area contributed by atoms with Crippen molar-refractivity contribution in [3.05, 3.63) is 72.6 Å². The van der Waals surface area contributed by atoms with E-state index in [9.17, 15) is 9.90 Å². The number of hydrogen-bond acceptors (Lipinski definition) is 5. The molecule has 2 aromatic carbocycles. The average Bonchev–Trinajstić information content (AvgIpc) is 3.23. The second-order valence-corrected chi connectivity index (χ2v) is 8.53. The van der Waals surface area contributed by atoms with Crippen LogP contribution in [-0.4, -0.2) is 76.2 Å². The van der Waals surface area contributed by atoms with Crippen molar-refractivity contribution in [1.82, 2.24) is 19.8 Å². The minimum Gasteiger partial charge on any atom is -0.490 e. The van der Waals surface area contributed by atoms with Crippen LogP contribution < -0.4 is 4.74 Å². The molecule has 0 bridgehead atoms. The largest absolute Gasteiger partial charge is 0.490 e. The van der Waals surface area contributed by atoms with E-state index in [1.807, 2.05) is 47.4 Å². The summed E-state index contributed by atoms with van der Waals surface area (Å²) in [6.45, 7) is 3.57. The van der Waals surface area contributed by atoms with Gasteiger partial charge in [0.1, 0.15) is 18.5 Å². The summed E-state index contributed by atoms with van der Waals surface area (Å²) in [5, 5.41) is 12.8. The first-order valence-electron chi connectivity index (χ1n) is 11.4. The van der Waals surface area contributed by atoms with Gasteiger partial charge in [-0.15, -0.1) is 0 Å². The second kappa shape index (κ2) is 9.60. The fourth-order valence-corrected chi connectivity index (χ4v) is 4.49. The van der Waals surface area contributed by atoms with Gasteiger partial charge in [0, 0.05) is 61.4 Å². The predicted molar refractivity (Wildman–Crippen MR) is 128 cm³/mol. The van der Waals surface area contributed by atoms with Gasteiger partial charge in [-0.3, -0.25) is 14.7 Å². The number of rotatable bonds is 7. The lowest BCUT2D eigenvalue weighted by atomic mass is 10.1. The molecule has 1 aliphatic rings. The van der Waals surface area contributed by atoms with Gasteiger partial charge in [-0.25, -0.2) is 0 Å². The molecule has 2 N–H and O–H groups in total. The van der Waals surface area contributed by atoms with Gasteiger partial charge in [0.15, 0.2) is 0 Å². The number of ether oxygens (including phenoxy) is 1. The van der Waals surface area contributed by atoms with Crippen molar-refractivity contribution in [3.63, 3.8) is 0 Å². The Morgan fingerprint density at radius 2 is 1.85 bits per heavy atom. The summed E-state index contributed by atoms with van der Waals surface area (Å²) in [7, 11) is 0. The molecule has 1 atom stereocenters. The normalized spacial score (nSPS) is 15.7. The molecule has 2 aromatic heterocycles. The number of aromatic nitrogens is 2. The summed E-state index contributed by atoms with van der Waals surface area (Å²) in [6, 6.07) is 17.9. The number of fused-ring (bicyclic) bond motifs is 3. The number of para-hydroxylation sites is 1. The molecule has 5 rings (SSSR count). The standard InChI is InChI=1S/C26H28N4O3/c31-20(17-29-11-13-30(14-12-29)25(32)15-19-5-4-10-27-16-19)18-33-24-9-3-8-23-26(24)21-6-1-2-7-22(21)28-23/h1-10,16,20,28,31H,11-15,17-18H2. The number of amides is 1. The SMILES string of the molecule is O=C(Cc1cccnc1)N1CCN(CC(O)COc2cccc3[nH]c4ccccc4c23)CC1. The minimum atomic E-state index is -0.608. The number of pyridine rings is 1. The molecule has 7 nitrogen and oxygen atoms in total. The number of benzene rings is 2. The fourth-order valence-electron chi connectivity index (χ4n) is 4.49. The highest BCUT2D eigenvalue weighted by molar-refractivity contribution is 6.10. The molecule has 0 aliphatic carbocycles. The van der Waals surface area contributed by atoms with Gasteiger partial charge in [-0.05, 0) is 29.8 Å². The van der Waals surface area contributed by atoms with Crippen LogP contribution in [0.4, 0.5) is 0 Å². The van der Waals surface area contributed by atoms with Gasteiger partial charge in [-0.2, -0.15) is 0 Å². The van der Waals surface area contributed by atoms with Crippen LogP contribution in [0.2, 0.25) is 0 Å². The van der Waals surface area contributed by atoms with E-state index in [2.05, 4.69) is 27.0 Å². The number of aliphatic hydroxyl groups excluding tert-OH is 1. The maximum atomic E-state index is 12.5. The third kappa shape index (κ3) is 4.84. The molecule has 170 valence electrons. The molecule has 4 aromatic rings. The molecule has 0 radical (unpaired) electrons. The van der Waals surface area contributed by atoms with Crippen LogP contribution in [0.15, 0.2) is 67.0 Å². The first-order valence-corrected chi connectivity index (χ1v) is 11.4. The molecular formula is C26H28N4O3. The van der Waals surface area contributed by atoms with Crippen molar-refractivity contribution in [3.8, 4) is 5.75 Å². The van der Waals surface area contributed by atoms with Crippen LogP contribution in [0.25, 0.3) is 21.8 Å². The van der Waals surface area contributed by atoms with Crippen LogP contribution in [0.3, 0.4) is 0 Å². The van der Waals surface area contributed by atoms with Gasteiger partial charge < -0.3 is 19.7 Å². The van der Waals surface area contributed by atoms with Crippen molar-refractivity contribution < 1.29 is 14.6 Å². The summed E-state index contributed by atoms with van der Waals surface area (Å²) in [5.41, 5.74) is 3.03. The monoisotopic (exact) mass is 444 g/mol. The smallest absolute Gasteiger partial charge is 0.227 e. The number of H-pyrrole nitrogens is 1. The van der Waals surface area contributed by atoms with E-state index in [1.54, 1.807) is 12.4 Å². The van der Waals surface area contributed by atoms with Gasteiger partial charge >= 0.3 is 0 Å². The summed E-state index contributed by atoms with van der Waals surface area (Å²) in [5.74, 6) is 0.896. The Hall–Kier alpha value is -3.42. The van der Waals surface area contributed by atoms with Crippen molar-refractivity contribution in [2.45, 2.75) is 12.5 Å². The van der Waals surface area contributed by atoms with Gasteiger partial charge in [0.25, 0.3) is 0 Å². The first-order chi connectivity index (χ1) is 16.2. The maximum absolute atomic E-state index is 12.5. The highest BCUT2D eigenvalue weighted by atomic mass is 16.5. The van der Waals surface area contributed by atoms with Crippen molar-refractivity contribution in [2.24, 2.45) is 0 Å². The Bertz CT molecular complexity index is 1230. The third-order valence-electron chi connectivity index (χ3n) is 6.20. The molecule has 1 amide bonds. The van der Waals surface area contributed by atoms with Crippen LogP contribution in [0.1, 0.15) is 5.56 Å². The predicted octanol–water partition coefficient (Wildman–Crippen LogP) is 2.84. The number of carbonyl (C=O) groups excluding carboxylic acids is 1. The topological polar surface area (TPSA) is 81.7 Å². The molecule has 0 saturated carbocycles. The Labute approximate surface area is 192 Å². The van der Waals surface area contributed by atoms with E-state index in [0.29, 0.717) is 26.1 Å². The molecule has 33 heavy (non-hydrogen) atoms. The van der Waals surface area contributed by atoms with Crippen LogP contribution in [0, 0.1) is 0 Å². The average molecular weight is 445 g/mol. The lowest BCUT2D eigenvalue weighted by molar-refractivity contribution is -0.132. The molecule has 1 aliphatic heterocycles. The number of β-amino-alcohol motifs (C(OH)–C–C–N with tert-alkyl or cyclic N) is 1. The van der Waals surface area contributed by atoms with Crippen LogP contribution >= 0.6 is 0 Å². The zero-order valence-corrected chi connectivity index (χ0v) is 18.5. The van der Waals surface area contributed by atoms with Gasteiger partial charge in [0.05, 0.1) is 11.9 Å². The Morgan fingerprint density at radius 1 is 1.03 bits per heavy atom. The Balaban J connectivity index is 1.13. The minimum absolute atomic E-state index is 0.123. The van der Waals surface area contributed by atoms with Gasteiger partial charge in [0.2, 0.25) is 5.91 Å². The highest BCUT2D eigenvalue weighted by Gasteiger charge is 2.23. The number of nitrogens with zero attached hydrogens (tertiary/aromatic N) is 3. The highest BCUT2D eigenvalue weighted by Crippen LogP contribution is 2.33. The van der Waals surface area contributed by atoms with E-state index in [1.165, 1.54) is 0 Å². The summed E-state index contributed by atoms with van der Waals surface area (Å²) in [6.07, 6.45) is 3.22. The first kappa shape index (κ1) is 21.4. The lowest BCUT2D eigenvalue weighted by Crippen LogP contribution is -2.51. The van der Waals surface area contributed by atoms with E-state index < -0.39 is 6.10 Å². The molecule has 1 unspecified atom stereocenters. The molecule has 7 heteroatoms. The Kier molecular flexibility index (Phi) is 6.24. The molecule has 0 spiro atoms. The summed E-state index contributed by atoms with van der Waals surface area (Å²) < 4.78 is 6.05. The summed E-state index contributed by atoms with van der Waals surface area (Å²) in [4.78, 5) is 24.1. The Morgan fingerprint density at radius 3 is 2.67 bits per heavy atom. The van der Waals surface area contributed by atoms with E-state index in [0.717, 1.165) is 46.2 Å². The quantitative estimate of drug-likeness (QED) is 0.458. The van der Waals surface area contributed by atoms with Crippen LogP contribution in [-0.2, 0) is 11.2 Å². The van der Waals surface area contributed by atoms with Crippen molar-refractivity contribution in [1.29, 1.82) is 0 Å². The number of hydrogen-bond donors (Lipinski definition) is 2. The number of carbonyl (C=O) groups is 1. The molecule has 1 saturated heterocycles. The fraction of sp³-hybridized carbons (Fsp3) is 0.308. The number of piperazine rings is 1. The maximum Gasteiger partial charge on any atom is 0.227 e. The number of aliphatic hydroxyl groups is 1. The van der Waals surface area contributed by atoms with Crippen molar-refractivity contribution >= 4 is 27.7 Å². The molecular weight excluding hydrogens is 416 g/mol. The zero-order valence-electron chi connectivity index (χ0n) is 18.5. The number of aromatic amines is 1. The van der Waals surface area contributed by atoms with Gasteiger partial charge in [-0.1, -0.05) is 30.3 Å². The zero-order chi connectivity index (χ0) is 22.6. The number of nitrogens with one attached hydrogen (secondary N) is 1. The molecule has 1 fully saturated rings. The lowest BCUT2D eigenvalue weighted by Gasteiger charge is -2.35. The summed E-state index contributed by atoms with van der Waals surface area (Å²) >= 11 is 0. The van der Waals surface area contributed by atoms with E-state index >= 15 is 0 Å². The van der Waals surface area contributed by atoms with Crippen LogP contribution in [0.5, 0.6) is 5.75 Å². The third-order valence-corrected chi connectivity index (χ3v) is 6.20.